The van der Waals surface area contributed by atoms with Gasteiger partial charge < -0.3 is 9.30 Å². The third-order valence-electron chi connectivity index (χ3n) is 4.92. The van der Waals surface area contributed by atoms with E-state index in [9.17, 15) is 4.79 Å². The predicted molar refractivity (Wildman–Crippen MR) is 129 cm³/mol. The lowest BCUT2D eigenvalue weighted by atomic mass is 10.1. The van der Waals surface area contributed by atoms with Gasteiger partial charge in [-0.25, -0.2) is 0 Å². The van der Waals surface area contributed by atoms with Gasteiger partial charge in [0.1, 0.15) is 10.1 Å². The van der Waals surface area contributed by atoms with Crippen LogP contribution in [0.5, 0.6) is 5.75 Å². The van der Waals surface area contributed by atoms with Crippen LogP contribution < -0.4 is 4.74 Å². The molecular formula is C23H21ClN2O2S2. The molecule has 4 nitrogen and oxygen atoms in total. The Labute approximate surface area is 190 Å². The molecule has 1 saturated heterocycles. The summed E-state index contributed by atoms with van der Waals surface area (Å²) < 4.78 is 8.64. The van der Waals surface area contributed by atoms with Crippen molar-refractivity contribution < 1.29 is 9.53 Å². The first-order chi connectivity index (χ1) is 14.6. The van der Waals surface area contributed by atoms with E-state index in [1.807, 2.05) is 49.4 Å². The van der Waals surface area contributed by atoms with Gasteiger partial charge in [-0.1, -0.05) is 53.8 Å². The van der Waals surface area contributed by atoms with Crippen LogP contribution in [0, 0.1) is 0 Å². The van der Waals surface area contributed by atoms with E-state index in [0.29, 0.717) is 27.4 Å². The molecule has 0 aliphatic carbocycles. The number of hydrogen-bond donors (Lipinski definition) is 0. The lowest BCUT2D eigenvalue weighted by Gasteiger charge is -2.09. The first-order valence-corrected chi connectivity index (χ1v) is 11.4. The summed E-state index contributed by atoms with van der Waals surface area (Å²) in [5.74, 6) is 0.802. The molecule has 1 aliphatic heterocycles. The number of carbonyl (C=O) groups excluding carboxylic acids is 1. The Morgan fingerprint density at radius 2 is 1.93 bits per heavy atom. The summed E-state index contributed by atoms with van der Waals surface area (Å²) in [5, 5.41) is 1.82. The summed E-state index contributed by atoms with van der Waals surface area (Å²) in [4.78, 5) is 14.9. The minimum atomic E-state index is -0.0132. The van der Waals surface area contributed by atoms with Crippen LogP contribution in [-0.4, -0.2) is 32.8 Å². The smallest absolute Gasteiger partial charge is 0.266 e. The molecule has 1 aliphatic rings. The van der Waals surface area contributed by atoms with Crippen LogP contribution in [0.25, 0.3) is 17.0 Å². The van der Waals surface area contributed by atoms with Gasteiger partial charge in [0.2, 0.25) is 0 Å². The van der Waals surface area contributed by atoms with Crippen molar-refractivity contribution in [2.45, 2.75) is 19.9 Å². The van der Waals surface area contributed by atoms with E-state index >= 15 is 0 Å². The minimum absolute atomic E-state index is 0.0132. The van der Waals surface area contributed by atoms with Crippen LogP contribution >= 0.6 is 35.6 Å². The molecule has 0 saturated carbocycles. The quantitative estimate of drug-likeness (QED) is 0.248. The van der Waals surface area contributed by atoms with Gasteiger partial charge in [0.05, 0.1) is 11.5 Å². The van der Waals surface area contributed by atoms with Crippen molar-refractivity contribution in [1.29, 1.82) is 0 Å². The average Bonchev–Trinajstić information content (AvgIpc) is 3.23. The highest BCUT2D eigenvalue weighted by atomic mass is 35.5. The van der Waals surface area contributed by atoms with Crippen LogP contribution in [0.2, 0.25) is 5.02 Å². The number of aryl methyl sites for hydroxylation is 1. The van der Waals surface area contributed by atoms with Crippen LogP contribution in [-0.2, 0) is 11.3 Å². The predicted octanol–water partition coefficient (Wildman–Crippen LogP) is 5.98. The van der Waals surface area contributed by atoms with E-state index in [-0.39, 0.29) is 5.91 Å². The van der Waals surface area contributed by atoms with Crippen molar-refractivity contribution in [2.24, 2.45) is 0 Å². The number of para-hydroxylation sites is 1. The van der Waals surface area contributed by atoms with Crippen LogP contribution in [0.1, 0.15) is 18.9 Å². The molecule has 0 unspecified atom stereocenters. The molecular weight excluding hydrogens is 436 g/mol. The first-order valence-electron chi connectivity index (χ1n) is 9.78. The topological polar surface area (TPSA) is 34.5 Å². The number of thioether (sulfide) groups is 1. The second-order valence-electron chi connectivity index (χ2n) is 6.88. The fourth-order valence-electron chi connectivity index (χ4n) is 3.44. The molecule has 0 spiro atoms. The molecule has 154 valence electrons. The van der Waals surface area contributed by atoms with E-state index in [1.54, 1.807) is 4.90 Å². The summed E-state index contributed by atoms with van der Waals surface area (Å²) in [7, 11) is 0. The van der Waals surface area contributed by atoms with Crippen LogP contribution in [0.3, 0.4) is 0 Å². The second kappa shape index (κ2) is 9.25. The van der Waals surface area contributed by atoms with Crippen molar-refractivity contribution in [2.75, 3.05) is 13.2 Å². The number of benzene rings is 2. The van der Waals surface area contributed by atoms with Crippen LogP contribution in [0.15, 0.2) is 59.6 Å². The largest absolute Gasteiger partial charge is 0.494 e. The van der Waals surface area contributed by atoms with E-state index < -0.39 is 0 Å². The van der Waals surface area contributed by atoms with Gasteiger partial charge in [-0.3, -0.25) is 9.69 Å². The van der Waals surface area contributed by atoms with E-state index in [0.717, 1.165) is 35.2 Å². The minimum Gasteiger partial charge on any atom is -0.494 e. The van der Waals surface area contributed by atoms with Gasteiger partial charge >= 0.3 is 0 Å². The Kier molecular flexibility index (Phi) is 6.46. The van der Waals surface area contributed by atoms with Crippen molar-refractivity contribution in [3.05, 3.63) is 70.2 Å². The molecule has 30 heavy (non-hydrogen) atoms. The summed E-state index contributed by atoms with van der Waals surface area (Å²) in [6.07, 6.45) is 4.92. The molecule has 7 heteroatoms. The van der Waals surface area contributed by atoms with Gasteiger partial charge in [0.25, 0.3) is 5.91 Å². The van der Waals surface area contributed by atoms with Crippen molar-refractivity contribution >= 4 is 62.8 Å². The molecule has 3 aromatic rings. The number of hydrogen-bond acceptors (Lipinski definition) is 4. The second-order valence-corrected chi connectivity index (χ2v) is 8.99. The molecule has 0 radical (unpaired) electrons. The normalized spacial score (nSPS) is 15.5. The standard InChI is InChI=1S/C23H21ClN2O2S2/c1-2-26-22(27)21(30-23(26)29)14-16-15-25(20-7-4-3-6-19(16)20)12-5-13-28-18-10-8-17(24)9-11-18/h3-4,6-11,14-15H,2,5,12-13H2,1H3/b21-14-. The Bertz CT molecular complexity index is 1120. The number of amides is 1. The lowest BCUT2D eigenvalue weighted by molar-refractivity contribution is -0.121. The third kappa shape index (κ3) is 4.41. The third-order valence-corrected chi connectivity index (χ3v) is 6.55. The van der Waals surface area contributed by atoms with Gasteiger partial charge in [-0.15, -0.1) is 0 Å². The summed E-state index contributed by atoms with van der Waals surface area (Å²) in [6.45, 7) is 3.96. The Morgan fingerprint density at radius 3 is 2.67 bits per heavy atom. The fraction of sp³-hybridized carbons (Fsp3) is 0.217. The number of rotatable bonds is 7. The Morgan fingerprint density at radius 1 is 1.17 bits per heavy atom. The lowest BCUT2D eigenvalue weighted by Crippen LogP contribution is -2.27. The van der Waals surface area contributed by atoms with Crippen molar-refractivity contribution in [3.63, 3.8) is 0 Å². The summed E-state index contributed by atoms with van der Waals surface area (Å²) in [5.41, 5.74) is 2.17. The van der Waals surface area contributed by atoms with Crippen LogP contribution in [0.4, 0.5) is 0 Å². The maximum Gasteiger partial charge on any atom is 0.266 e. The number of nitrogens with zero attached hydrogens (tertiary/aromatic N) is 2. The highest BCUT2D eigenvalue weighted by Gasteiger charge is 2.30. The maximum atomic E-state index is 12.6. The molecule has 2 heterocycles. The molecule has 2 aromatic carbocycles. The van der Waals surface area contributed by atoms with E-state index in [2.05, 4.69) is 22.9 Å². The number of fused-ring (bicyclic) bond motifs is 1. The molecule has 4 rings (SSSR count). The van der Waals surface area contributed by atoms with E-state index in [1.165, 1.54) is 11.8 Å². The number of halogens is 1. The summed E-state index contributed by atoms with van der Waals surface area (Å²) >= 11 is 12.6. The molecule has 1 aromatic heterocycles. The molecule has 1 amide bonds. The van der Waals surface area contributed by atoms with Crippen molar-refractivity contribution in [3.8, 4) is 5.75 Å². The highest BCUT2D eigenvalue weighted by Crippen LogP contribution is 2.34. The monoisotopic (exact) mass is 456 g/mol. The van der Waals surface area contributed by atoms with Gasteiger partial charge in [0.15, 0.2) is 0 Å². The summed E-state index contributed by atoms with van der Waals surface area (Å²) in [6, 6.07) is 15.6. The van der Waals surface area contributed by atoms with Gasteiger partial charge in [0, 0.05) is 40.8 Å². The Hall–Kier alpha value is -2.28. The zero-order valence-electron chi connectivity index (χ0n) is 16.5. The number of ether oxygens (including phenoxy) is 1. The zero-order chi connectivity index (χ0) is 21.1. The number of thiocarbonyl (C=S) groups is 1. The SMILES string of the molecule is CCN1C(=O)/C(=C/c2cn(CCCOc3ccc(Cl)cc3)c3ccccc23)SC1=S. The zero-order valence-corrected chi connectivity index (χ0v) is 18.9. The average molecular weight is 457 g/mol. The fourth-order valence-corrected chi connectivity index (χ4v) is 4.95. The highest BCUT2D eigenvalue weighted by molar-refractivity contribution is 8.26. The number of aromatic nitrogens is 1. The first kappa shape index (κ1) is 21.0. The number of likely N-dealkylation sites (N-methyl/N-ethyl adjacent to an activating group) is 1. The number of carbonyl (C=O) groups is 1. The Balaban J connectivity index is 1.50. The molecule has 0 atom stereocenters. The molecule has 0 bridgehead atoms. The van der Waals surface area contributed by atoms with E-state index in [4.69, 9.17) is 28.6 Å². The van der Waals surface area contributed by atoms with Gasteiger partial charge in [-0.2, -0.15) is 0 Å². The maximum absolute atomic E-state index is 12.6. The van der Waals surface area contributed by atoms with Gasteiger partial charge in [-0.05, 0) is 49.8 Å². The molecule has 1 fully saturated rings. The molecule has 0 N–H and O–H groups in total. The van der Waals surface area contributed by atoms with Crippen molar-refractivity contribution in [1.82, 2.24) is 9.47 Å².